The van der Waals surface area contributed by atoms with Crippen LogP contribution in [-0.4, -0.2) is 57.8 Å². The van der Waals surface area contributed by atoms with E-state index in [1.807, 2.05) is 0 Å². The molecule has 112 valence electrons. The maximum Gasteiger partial charge on any atom is 0.280 e. The van der Waals surface area contributed by atoms with Gasteiger partial charge in [0.1, 0.15) is 0 Å². The second kappa shape index (κ2) is 5.65. The third-order valence-corrected chi connectivity index (χ3v) is 7.20. The Morgan fingerprint density at radius 2 is 2.00 bits per heavy atom. The van der Waals surface area contributed by atoms with Gasteiger partial charge in [0.25, 0.3) is 10.2 Å². The van der Waals surface area contributed by atoms with Gasteiger partial charge in [-0.05, 0) is 19.3 Å². The van der Waals surface area contributed by atoms with E-state index in [0.29, 0.717) is 19.5 Å². The van der Waals surface area contributed by atoms with E-state index in [1.165, 1.54) is 4.31 Å². The van der Waals surface area contributed by atoms with Crippen LogP contribution in [0.3, 0.4) is 0 Å². The fourth-order valence-electron chi connectivity index (χ4n) is 2.69. The second-order valence-corrected chi connectivity index (χ2v) is 9.10. The van der Waals surface area contributed by atoms with E-state index >= 15 is 0 Å². The minimum Gasteiger partial charge on any atom is -0.329 e. The molecule has 0 saturated carbocycles. The zero-order chi connectivity index (χ0) is 14.1. The summed E-state index contributed by atoms with van der Waals surface area (Å²) in [4.78, 5) is 0. The molecule has 0 aromatic carbocycles. The Morgan fingerprint density at radius 3 is 2.58 bits per heavy atom. The highest BCUT2D eigenvalue weighted by Crippen LogP contribution is 2.20. The molecule has 0 radical (unpaired) electrons. The van der Waals surface area contributed by atoms with E-state index in [-0.39, 0.29) is 17.5 Å². The number of hydrogen-bond acceptors (Lipinski definition) is 5. The van der Waals surface area contributed by atoms with Gasteiger partial charge in [0.15, 0.2) is 9.84 Å². The first-order valence-electron chi connectivity index (χ1n) is 6.54. The lowest BCUT2D eigenvalue weighted by Gasteiger charge is -2.34. The van der Waals surface area contributed by atoms with Crippen LogP contribution in [-0.2, 0) is 20.0 Å². The minimum absolute atomic E-state index is 0.0561. The summed E-state index contributed by atoms with van der Waals surface area (Å²) < 4.78 is 51.2. The number of rotatable bonds is 4. The first-order chi connectivity index (χ1) is 8.84. The van der Waals surface area contributed by atoms with Crippen LogP contribution in [0.15, 0.2) is 0 Å². The molecule has 2 unspecified atom stereocenters. The van der Waals surface area contributed by atoms with Crippen LogP contribution in [0.1, 0.15) is 25.7 Å². The van der Waals surface area contributed by atoms with E-state index in [9.17, 15) is 16.8 Å². The van der Waals surface area contributed by atoms with Crippen molar-refractivity contribution < 1.29 is 16.8 Å². The number of nitrogens with zero attached hydrogens (tertiary/aromatic N) is 1. The summed E-state index contributed by atoms with van der Waals surface area (Å²) in [7, 11) is -6.73. The van der Waals surface area contributed by atoms with Crippen LogP contribution in [0.2, 0.25) is 0 Å². The summed E-state index contributed by atoms with van der Waals surface area (Å²) in [5.74, 6) is -0.0478. The smallest absolute Gasteiger partial charge is 0.280 e. The highest BCUT2D eigenvalue weighted by molar-refractivity contribution is 7.91. The predicted molar refractivity (Wildman–Crippen MR) is 72.5 cm³/mol. The van der Waals surface area contributed by atoms with Crippen molar-refractivity contribution in [2.24, 2.45) is 5.73 Å². The van der Waals surface area contributed by atoms with Gasteiger partial charge in [-0.25, -0.2) is 8.42 Å². The largest absolute Gasteiger partial charge is 0.329 e. The van der Waals surface area contributed by atoms with E-state index in [0.717, 1.165) is 19.3 Å². The van der Waals surface area contributed by atoms with E-state index in [2.05, 4.69) is 4.72 Å². The highest BCUT2D eigenvalue weighted by Gasteiger charge is 2.36. The Bertz CT molecular complexity index is 517. The monoisotopic (exact) mass is 311 g/mol. The van der Waals surface area contributed by atoms with E-state index < -0.39 is 26.1 Å². The zero-order valence-corrected chi connectivity index (χ0v) is 12.4. The average molecular weight is 311 g/mol. The quantitative estimate of drug-likeness (QED) is 0.679. The molecule has 2 rings (SSSR count). The van der Waals surface area contributed by atoms with Crippen LogP contribution < -0.4 is 10.5 Å². The van der Waals surface area contributed by atoms with Crippen molar-refractivity contribution in [3.63, 3.8) is 0 Å². The Hall–Kier alpha value is -0.220. The molecule has 3 N–H and O–H groups in total. The fraction of sp³-hybridized carbons (Fsp3) is 1.00. The molecule has 19 heavy (non-hydrogen) atoms. The minimum atomic E-state index is -3.64. The molecule has 0 aliphatic carbocycles. The molecule has 0 aromatic heterocycles. The van der Waals surface area contributed by atoms with Crippen molar-refractivity contribution >= 4 is 20.0 Å². The van der Waals surface area contributed by atoms with Crippen LogP contribution in [0, 0.1) is 0 Å². The van der Waals surface area contributed by atoms with Gasteiger partial charge in [0.2, 0.25) is 0 Å². The number of nitrogens with two attached hydrogens (primary N) is 1. The Kier molecular flexibility index (Phi) is 4.51. The lowest BCUT2D eigenvalue weighted by molar-refractivity contribution is 0.253. The first kappa shape index (κ1) is 15.2. The lowest BCUT2D eigenvalue weighted by atomic mass is 10.1. The maximum absolute atomic E-state index is 12.3. The SMILES string of the molecule is NCC1CCCCN1S(=O)(=O)NC1CCS(=O)(=O)C1. The Morgan fingerprint density at radius 1 is 1.26 bits per heavy atom. The topological polar surface area (TPSA) is 110 Å². The van der Waals surface area contributed by atoms with E-state index in [4.69, 9.17) is 5.73 Å². The van der Waals surface area contributed by atoms with Gasteiger partial charge in [-0.2, -0.15) is 17.4 Å². The molecule has 2 aliphatic heterocycles. The van der Waals surface area contributed by atoms with Crippen LogP contribution in [0.25, 0.3) is 0 Å². The molecule has 2 atom stereocenters. The summed E-state index contributed by atoms with van der Waals surface area (Å²) in [5, 5.41) is 0. The fourth-order valence-corrected chi connectivity index (χ4v) is 6.18. The second-order valence-electron chi connectivity index (χ2n) is 5.22. The summed E-state index contributed by atoms with van der Waals surface area (Å²) in [6.45, 7) is 0.751. The van der Waals surface area contributed by atoms with Crippen molar-refractivity contribution in [3.05, 3.63) is 0 Å². The van der Waals surface area contributed by atoms with Crippen LogP contribution in [0.5, 0.6) is 0 Å². The average Bonchev–Trinajstić information content (AvgIpc) is 2.67. The number of hydrogen-bond donors (Lipinski definition) is 2. The van der Waals surface area contributed by atoms with Crippen molar-refractivity contribution in [2.75, 3.05) is 24.6 Å². The zero-order valence-electron chi connectivity index (χ0n) is 10.8. The molecule has 2 aliphatic rings. The van der Waals surface area contributed by atoms with E-state index in [1.54, 1.807) is 0 Å². The van der Waals surface area contributed by atoms with Crippen molar-refractivity contribution in [3.8, 4) is 0 Å². The van der Waals surface area contributed by atoms with Gasteiger partial charge in [-0.15, -0.1) is 0 Å². The van der Waals surface area contributed by atoms with Crippen LogP contribution >= 0.6 is 0 Å². The third-order valence-electron chi connectivity index (χ3n) is 3.70. The molecule has 0 amide bonds. The van der Waals surface area contributed by atoms with Gasteiger partial charge >= 0.3 is 0 Å². The van der Waals surface area contributed by atoms with Gasteiger partial charge in [0.05, 0.1) is 11.5 Å². The maximum atomic E-state index is 12.3. The number of piperidine rings is 1. The first-order valence-corrected chi connectivity index (χ1v) is 9.80. The van der Waals surface area contributed by atoms with Gasteiger partial charge in [0, 0.05) is 25.2 Å². The molecule has 0 bridgehead atoms. The number of sulfone groups is 1. The number of nitrogens with one attached hydrogen (secondary N) is 1. The molecule has 0 aromatic rings. The van der Waals surface area contributed by atoms with Crippen LogP contribution in [0.4, 0.5) is 0 Å². The Balaban J connectivity index is 2.05. The molecule has 9 heteroatoms. The molecule has 2 saturated heterocycles. The summed E-state index contributed by atoms with van der Waals surface area (Å²) in [6.07, 6.45) is 2.91. The standard InChI is InChI=1S/C10H21N3O4S2/c11-7-10-3-1-2-5-13(10)19(16,17)12-9-4-6-18(14,15)8-9/h9-10,12H,1-8,11H2. The molecule has 7 nitrogen and oxygen atoms in total. The highest BCUT2D eigenvalue weighted by atomic mass is 32.2. The lowest BCUT2D eigenvalue weighted by Crippen LogP contribution is -2.53. The van der Waals surface area contributed by atoms with Crippen molar-refractivity contribution in [1.29, 1.82) is 0 Å². The predicted octanol–water partition coefficient (Wildman–Crippen LogP) is -1.18. The molecule has 2 fully saturated rings. The Labute approximate surface area is 114 Å². The summed E-state index contributed by atoms with van der Waals surface area (Å²) in [5.41, 5.74) is 5.61. The molecular weight excluding hydrogens is 290 g/mol. The van der Waals surface area contributed by atoms with Crippen molar-refractivity contribution in [1.82, 2.24) is 9.03 Å². The normalized spacial score (nSPS) is 32.5. The van der Waals surface area contributed by atoms with Gasteiger partial charge in [-0.1, -0.05) is 6.42 Å². The van der Waals surface area contributed by atoms with Crippen molar-refractivity contribution in [2.45, 2.75) is 37.8 Å². The molecular formula is C10H21N3O4S2. The van der Waals surface area contributed by atoms with Gasteiger partial charge < -0.3 is 5.73 Å². The summed E-state index contributed by atoms with van der Waals surface area (Å²) >= 11 is 0. The van der Waals surface area contributed by atoms with Gasteiger partial charge in [-0.3, -0.25) is 0 Å². The molecule has 0 spiro atoms. The summed E-state index contributed by atoms with van der Waals surface area (Å²) in [6, 6.07) is -0.681. The molecule has 2 heterocycles. The third kappa shape index (κ3) is 3.66.